The third-order valence-electron chi connectivity index (χ3n) is 4.68. The highest BCUT2D eigenvalue weighted by molar-refractivity contribution is 6.36. The van der Waals surface area contributed by atoms with Crippen molar-refractivity contribution in [1.82, 2.24) is 9.55 Å². The van der Waals surface area contributed by atoms with E-state index in [0.29, 0.717) is 39.4 Å². The molecular formula is C22H17Cl2N3O. The van der Waals surface area contributed by atoms with Gasteiger partial charge in [-0.15, -0.1) is 0 Å². The summed E-state index contributed by atoms with van der Waals surface area (Å²) >= 11 is 12.3. The molecule has 1 amide bonds. The molecule has 0 saturated heterocycles. The van der Waals surface area contributed by atoms with Gasteiger partial charge in [0.1, 0.15) is 11.5 Å². The third-order valence-corrected chi connectivity index (χ3v) is 5.14. The van der Waals surface area contributed by atoms with Gasteiger partial charge in [-0.25, -0.2) is 4.98 Å². The smallest absolute Gasteiger partial charge is 0.277 e. The van der Waals surface area contributed by atoms with Crippen LogP contribution in [-0.2, 0) is 6.54 Å². The first-order valence-corrected chi connectivity index (χ1v) is 9.52. The first kappa shape index (κ1) is 18.5. The highest BCUT2D eigenvalue weighted by atomic mass is 35.5. The zero-order valence-electron chi connectivity index (χ0n) is 15.2. The van der Waals surface area contributed by atoms with E-state index in [1.807, 2.05) is 60.0 Å². The molecule has 2 heterocycles. The number of aromatic nitrogens is 2. The molecule has 2 aromatic carbocycles. The number of nitrogens with zero attached hydrogens (tertiary/aromatic N) is 3. The number of imidazole rings is 1. The van der Waals surface area contributed by atoms with Gasteiger partial charge in [0.05, 0.1) is 12.2 Å². The minimum Gasteiger partial charge on any atom is -0.301 e. The van der Waals surface area contributed by atoms with Crippen molar-refractivity contribution in [3.63, 3.8) is 0 Å². The van der Waals surface area contributed by atoms with Crippen LogP contribution in [0.5, 0.6) is 0 Å². The van der Waals surface area contributed by atoms with E-state index in [2.05, 4.69) is 6.58 Å². The lowest BCUT2D eigenvalue weighted by Gasteiger charge is -2.18. The molecule has 0 atom stereocenters. The molecule has 0 unspecified atom stereocenters. The van der Waals surface area contributed by atoms with Crippen molar-refractivity contribution in [2.75, 3.05) is 4.90 Å². The second kappa shape index (κ2) is 7.30. The van der Waals surface area contributed by atoms with Crippen LogP contribution in [0.1, 0.15) is 28.9 Å². The summed E-state index contributed by atoms with van der Waals surface area (Å²) in [5.74, 6) is 0.487. The molecule has 6 heteroatoms. The van der Waals surface area contributed by atoms with Crippen LogP contribution >= 0.6 is 23.2 Å². The van der Waals surface area contributed by atoms with Gasteiger partial charge in [-0.3, -0.25) is 9.36 Å². The molecule has 1 aliphatic heterocycles. The van der Waals surface area contributed by atoms with Crippen molar-refractivity contribution < 1.29 is 4.79 Å². The van der Waals surface area contributed by atoms with Gasteiger partial charge in [0, 0.05) is 27.0 Å². The Morgan fingerprint density at radius 2 is 1.79 bits per heavy atom. The van der Waals surface area contributed by atoms with Crippen LogP contribution in [0.3, 0.4) is 0 Å². The molecule has 0 bridgehead atoms. The molecular weight excluding hydrogens is 393 g/mol. The van der Waals surface area contributed by atoms with E-state index in [1.54, 1.807) is 17.0 Å². The van der Waals surface area contributed by atoms with Gasteiger partial charge in [0.25, 0.3) is 5.91 Å². The number of halogens is 2. The number of amides is 1. The fourth-order valence-corrected chi connectivity index (χ4v) is 3.71. The third kappa shape index (κ3) is 3.05. The minimum atomic E-state index is -0.106. The summed E-state index contributed by atoms with van der Waals surface area (Å²) in [5.41, 5.74) is 3.54. The topological polar surface area (TPSA) is 38.1 Å². The van der Waals surface area contributed by atoms with Crippen molar-refractivity contribution in [2.45, 2.75) is 13.5 Å². The first-order valence-electron chi connectivity index (χ1n) is 8.77. The van der Waals surface area contributed by atoms with Crippen LogP contribution in [0.25, 0.3) is 11.3 Å². The maximum atomic E-state index is 13.3. The molecule has 1 aromatic heterocycles. The summed E-state index contributed by atoms with van der Waals surface area (Å²) in [7, 11) is 0. The fraction of sp³-hybridized carbons (Fsp3) is 0.0909. The van der Waals surface area contributed by atoms with Gasteiger partial charge in [0.15, 0.2) is 0 Å². The van der Waals surface area contributed by atoms with Gasteiger partial charge < -0.3 is 4.90 Å². The lowest BCUT2D eigenvalue weighted by molar-refractivity contribution is 0.0990. The summed E-state index contributed by atoms with van der Waals surface area (Å²) in [6.07, 6.45) is 1.85. The van der Waals surface area contributed by atoms with E-state index < -0.39 is 0 Å². The van der Waals surface area contributed by atoms with E-state index in [4.69, 9.17) is 28.2 Å². The van der Waals surface area contributed by atoms with Crippen LogP contribution in [0.4, 0.5) is 5.69 Å². The number of fused-ring (bicyclic) bond motifs is 1. The number of anilines is 1. The monoisotopic (exact) mass is 409 g/mol. The Labute approximate surface area is 173 Å². The summed E-state index contributed by atoms with van der Waals surface area (Å²) < 4.78 is 1.83. The SMILES string of the molecule is C=C(Cl)C(=CC)c1nc2c(n1-c1ccc(Cl)cc1)C(=O)N(c1ccccc1)C2. The van der Waals surface area contributed by atoms with Gasteiger partial charge in [-0.2, -0.15) is 0 Å². The Hall–Kier alpha value is -2.82. The molecule has 1 aliphatic rings. The number of rotatable bonds is 4. The van der Waals surface area contributed by atoms with Crippen molar-refractivity contribution >= 4 is 40.4 Å². The number of hydrogen-bond acceptors (Lipinski definition) is 2. The Bertz CT molecular complexity index is 1100. The Balaban J connectivity index is 1.90. The van der Waals surface area contributed by atoms with Gasteiger partial charge >= 0.3 is 0 Å². The maximum Gasteiger partial charge on any atom is 0.277 e. The van der Waals surface area contributed by atoms with Crippen molar-refractivity contribution in [1.29, 1.82) is 0 Å². The van der Waals surface area contributed by atoms with E-state index in [1.165, 1.54) is 0 Å². The number of hydrogen-bond donors (Lipinski definition) is 0. The van der Waals surface area contributed by atoms with Crippen LogP contribution in [0, 0.1) is 0 Å². The second-order valence-corrected chi connectivity index (χ2v) is 7.27. The molecule has 4 nitrogen and oxygen atoms in total. The molecule has 0 saturated carbocycles. The zero-order chi connectivity index (χ0) is 19.8. The number of carbonyl (C=O) groups excluding carboxylic acids is 1. The average molecular weight is 410 g/mol. The normalized spacial score (nSPS) is 13.8. The Morgan fingerprint density at radius 3 is 2.39 bits per heavy atom. The molecule has 0 N–H and O–H groups in total. The average Bonchev–Trinajstić information content (AvgIpc) is 3.20. The van der Waals surface area contributed by atoms with Crippen LogP contribution in [0.2, 0.25) is 5.02 Å². The number of benzene rings is 2. The molecule has 0 radical (unpaired) electrons. The van der Waals surface area contributed by atoms with E-state index in [9.17, 15) is 4.79 Å². The Kier molecular flexibility index (Phi) is 4.84. The van der Waals surface area contributed by atoms with Crippen LogP contribution in [0.15, 0.2) is 72.3 Å². The number of allylic oxidation sites excluding steroid dienone is 3. The lowest BCUT2D eigenvalue weighted by atomic mass is 10.2. The van der Waals surface area contributed by atoms with Crippen molar-refractivity contribution in [2.24, 2.45) is 0 Å². The molecule has 0 aliphatic carbocycles. The summed E-state index contributed by atoms with van der Waals surface area (Å²) in [6, 6.07) is 16.8. The molecule has 28 heavy (non-hydrogen) atoms. The largest absolute Gasteiger partial charge is 0.301 e. The standard InChI is InChI=1S/C22H17Cl2N3O/c1-3-18(14(2)23)21-25-19-13-26(16-7-5-4-6-8-16)22(28)20(19)27(21)17-11-9-15(24)10-12-17/h3-12H,2,13H2,1H3. The highest BCUT2D eigenvalue weighted by Gasteiger charge is 2.36. The predicted octanol–water partition coefficient (Wildman–Crippen LogP) is 5.84. The summed E-state index contributed by atoms with van der Waals surface area (Å²) in [6.45, 7) is 6.11. The number of para-hydroxylation sites is 1. The van der Waals surface area contributed by atoms with Crippen molar-refractivity contribution in [3.05, 3.63) is 94.5 Å². The van der Waals surface area contributed by atoms with Crippen LogP contribution in [-0.4, -0.2) is 15.5 Å². The summed E-state index contributed by atoms with van der Waals surface area (Å²) in [5, 5.41) is 0.987. The molecule has 0 fully saturated rings. The van der Waals surface area contributed by atoms with Gasteiger partial charge in [0.2, 0.25) is 0 Å². The fourth-order valence-electron chi connectivity index (χ4n) is 3.39. The van der Waals surface area contributed by atoms with E-state index in [-0.39, 0.29) is 5.91 Å². The van der Waals surface area contributed by atoms with Crippen LogP contribution < -0.4 is 4.90 Å². The molecule has 3 aromatic rings. The first-order chi connectivity index (χ1) is 13.5. The van der Waals surface area contributed by atoms with Gasteiger partial charge in [-0.05, 0) is 43.3 Å². The van der Waals surface area contributed by atoms with Crippen molar-refractivity contribution in [3.8, 4) is 5.69 Å². The number of carbonyl (C=O) groups is 1. The predicted molar refractivity (Wildman–Crippen MR) is 114 cm³/mol. The Morgan fingerprint density at radius 1 is 1.11 bits per heavy atom. The summed E-state index contributed by atoms with van der Waals surface area (Å²) in [4.78, 5) is 19.8. The minimum absolute atomic E-state index is 0.106. The lowest BCUT2D eigenvalue weighted by Crippen LogP contribution is -2.25. The maximum absolute atomic E-state index is 13.3. The molecule has 4 rings (SSSR count). The van der Waals surface area contributed by atoms with E-state index >= 15 is 0 Å². The highest BCUT2D eigenvalue weighted by Crippen LogP contribution is 2.35. The van der Waals surface area contributed by atoms with E-state index in [0.717, 1.165) is 11.4 Å². The second-order valence-electron chi connectivity index (χ2n) is 6.38. The quantitative estimate of drug-likeness (QED) is 0.507. The van der Waals surface area contributed by atoms with Gasteiger partial charge in [-0.1, -0.05) is 54.1 Å². The molecule has 140 valence electrons. The zero-order valence-corrected chi connectivity index (χ0v) is 16.7. The molecule has 0 spiro atoms.